The smallest absolute Gasteiger partial charge is 0.416 e. The molecule has 3 aromatic carbocycles. The number of piperidine rings is 1. The van der Waals surface area contributed by atoms with E-state index >= 15 is 4.39 Å². The third-order valence-corrected chi connectivity index (χ3v) is 7.94. The Morgan fingerprint density at radius 2 is 1.70 bits per heavy atom. The largest absolute Gasteiger partial charge is 0.497 e. The first kappa shape index (κ1) is 30.0. The van der Waals surface area contributed by atoms with E-state index in [2.05, 4.69) is 4.99 Å². The number of ether oxygens (including phenoxy) is 2. The monoisotopic (exact) mass is 601 g/mol. The topological polar surface area (TPSA) is 71.4 Å². The van der Waals surface area contributed by atoms with Gasteiger partial charge in [0.25, 0.3) is 0 Å². The molecule has 2 heterocycles. The van der Waals surface area contributed by atoms with E-state index in [1.54, 1.807) is 42.4 Å². The minimum atomic E-state index is -4.66. The predicted molar refractivity (Wildman–Crippen MR) is 148 cm³/mol. The summed E-state index contributed by atoms with van der Waals surface area (Å²) in [6, 6.07) is 12.2. The van der Waals surface area contributed by atoms with Crippen LogP contribution in [0.2, 0.25) is 0 Å². The standard InChI is InChI=1S/C31H28F5N3O4/c1-42-22-5-2-20(3-6-22)17-39-28(41)11-7-23-27(10-8-24(32)29(23)39)43-18-30(37-19-40)12-14-38(15-13-30)26-9-4-21(16-25(26)33)31(34,35)36/h2-6,8-10,16H,7,11-15,17-18H2,1H3. The van der Waals surface area contributed by atoms with Crippen LogP contribution in [-0.4, -0.2) is 44.3 Å². The molecule has 0 aromatic heterocycles. The minimum Gasteiger partial charge on any atom is -0.497 e. The number of methoxy groups -OCH3 is 1. The molecular weight excluding hydrogens is 573 g/mol. The highest BCUT2D eigenvalue weighted by Gasteiger charge is 2.38. The van der Waals surface area contributed by atoms with E-state index in [4.69, 9.17) is 9.47 Å². The molecule has 5 rings (SSSR count). The van der Waals surface area contributed by atoms with Gasteiger partial charge in [-0.25, -0.2) is 13.6 Å². The number of amides is 1. The van der Waals surface area contributed by atoms with Crippen molar-refractivity contribution >= 4 is 23.4 Å². The maximum absolute atomic E-state index is 15.2. The van der Waals surface area contributed by atoms with Gasteiger partial charge in [0.05, 0.1) is 30.6 Å². The van der Waals surface area contributed by atoms with Crippen molar-refractivity contribution in [3.8, 4) is 11.5 Å². The highest BCUT2D eigenvalue weighted by atomic mass is 19.4. The summed E-state index contributed by atoms with van der Waals surface area (Å²) in [5.74, 6) is -0.802. The van der Waals surface area contributed by atoms with Crippen LogP contribution < -0.4 is 19.3 Å². The number of aliphatic imine (C=N–C) groups is 1. The lowest BCUT2D eigenvalue weighted by Crippen LogP contribution is -2.47. The molecule has 0 aliphatic carbocycles. The number of anilines is 2. The van der Waals surface area contributed by atoms with E-state index in [0.29, 0.717) is 23.1 Å². The zero-order valence-electron chi connectivity index (χ0n) is 23.2. The van der Waals surface area contributed by atoms with Crippen molar-refractivity contribution < 1.29 is 41.0 Å². The number of carbonyl (C=O) groups is 1. The van der Waals surface area contributed by atoms with Crippen molar-refractivity contribution in [2.45, 2.75) is 43.9 Å². The van der Waals surface area contributed by atoms with Crippen molar-refractivity contribution in [3.63, 3.8) is 0 Å². The normalized spacial score (nSPS) is 16.4. The maximum atomic E-state index is 15.2. The fraction of sp³-hybridized carbons (Fsp3) is 0.355. The summed E-state index contributed by atoms with van der Waals surface area (Å²) in [5, 5.41) is 0. The van der Waals surface area contributed by atoms with Gasteiger partial charge in [0, 0.05) is 25.1 Å². The average Bonchev–Trinajstić information content (AvgIpc) is 2.99. The average molecular weight is 602 g/mol. The summed E-state index contributed by atoms with van der Waals surface area (Å²) in [5.41, 5.74) is -0.663. The summed E-state index contributed by atoms with van der Waals surface area (Å²) >= 11 is 0. The Balaban J connectivity index is 1.32. The number of halogens is 5. The molecule has 0 atom stereocenters. The molecule has 43 heavy (non-hydrogen) atoms. The molecule has 1 amide bonds. The lowest BCUT2D eigenvalue weighted by molar-refractivity contribution is -0.137. The van der Waals surface area contributed by atoms with E-state index in [0.717, 1.165) is 17.7 Å². The van der Waals surface area contributed by atoms with Gasteiger partial charge in [0.2, 0.25) is 12.0 Å². The van der Waals surface area contributed by atoms with Crippen molar-refractivity contribution in [3.05, 3.63) is 82.9 Å². The molecule has 2 aliphatic rings. The molecule has 0 saturated carbocycles. The fourth-order valence-electron chi connectivity index (χ4n) is 5.53. The second-order valence-electron chi connectivity index (χ2n) is 10.6. The summed E-state index contributed by atoms with van der Waals surface area (Å²) in [4.78, 5) is 31.2. The van der Waals surface area contributed by atoms with Gasteiger partial charge in [-0.1, -0.05) is 12.1 Å². The number of rotatable bonds is 8. The third kappa shape index (κ3) is 6.34. The number of hydrogen-bond donors (Lipinski definition) is 0. The molecule has 0 N–H and O–H groups in total. The summed E-state index contributed by atoms with van der Waals surface area (Å²) < 4.78 is 79.9. The Bertz CT molecular complexity index is 1550. The second-order valence-corrected chi connectivity index (χ2v) is 10.6. The van der Waals surface area contributed by atoms with Crippen LogP contribution >= 0.6 is 0 Å². The van der Waals surface area contributed by atoms with Gasteiger partial charge >= 0.3 is 6.18 Å². The van der Waals surface area contributed by atoms with E-state index in [-0.39, 0.29) is 69.2 Å². The van der Waals surface area contributed by atoms with Crippen molar-refractivity contribution in [1.82, 2.24) is 0 Å². The van der Waals surface area contributed by atoms with E-state index < -0.39 is 28.9 Å². The molecule has 0 unspecified atom stereocenters. The molecule has 0 spiro atoms. The number of hydrogen-bond acceptors (Lipinski definition) is 6. The lowest BCUT2D eigenvalue weighted by atomic mass is 9.88. The molecule has 3 aromatic rings. The van der Waals surface area contributed by atoms with Crippen LogP contribution in [0.1, 0.15) is 36.0 Å². The SMILES string of the molecule is COc1ccc(CN2C(=O)CCc3c(OCC4(N=C=O)CCN(c5ccc(C(F)(F)F)cc5F)CC4)ccc(F)c32)cc1. The molecule has 2 aliphatic heterocycles. The summed E-state index contributed by atoms with van der Waals surface area (Å²) in [7, 11) is 1.54. The second kappa shape index (κ2) is 12.0. The van der Waals surface area contributed by atoms with Gasteiger partial charge in [-0.05, 0) is 67.3 Å². The molecule has 0 bridgehead atoms. The Kier molecular flexibility index (Phi) is 8.41. The number of fused-ring (bicyclic) bond motifs is 1. The van der Waals surface area contributed by atoms with Gasteiger partial charge in [0.15, 0.2) is 0 Å². The first-order chi connectivity index (χ1) is 20.5. The molecule has 1 fully saturated rings. The fourth-order valence-corrected chi connectivity index (χ4v) is 5.53. The van der Waals surface area contributed by atoms with Crippen molar-refractivity contribution in [2.75, 3.05) is 36.6 Å². The summed E-state index contributed by atoms with van der Waals surface area (Å²) in [6.45, 7) is 0.465. The number of alkyl halides is 3. The van der Waals surface area contributed by atoms with Crippen LogP contribution in [0.5, 0.6) is 11.5 Å². The van der Waals surface area contributed by atoms with Crippen LogP contribution in [0, 0.1) is 11.6 Å². The van der Waals surface area contributed by atoms with E-state index in [1.807, 2.05) is 0 Å². The number of carbonyl (C=O) groups excluding carboxylic acids is 2. The number of benzene rings is 3. The lowest BCUT2D eigenvalue weighted by Gasteiger charge is -2.39. The van der Waals surface area contributed by atoms with Gasteiger partial charge in [0.1, 0.15) is 35.3 Å². The van der Waals surface area contributed by atoms with Gasteiger partial charge < -0.3 is 19.3 Å². The highest BCUT2D eigenvalue weighted by Crippen LogP contribution is 2.40. The zero-order valence-corrected chi connectivity index (χ0v) is 23.2. The van der Waals surface area contributed by atoms with E-state index in [9.17, 15) is 27.2 Å². The molecule has 226 valence electrons. The Labute approximate surface area is 244 Å². The van der Waals surface area contributed by atoms with Crippen molar-refractivity contribution in [2.24, 2.45) is 4.99 Å². The first-order valence-corrected chi connectivity index (χ1v) is 13.6. The van der Waals surface area contributed by atoms with Gasteiger partial charge in [-0.2, -0.15) is 18.2 Å². The van der Waals surface area contributed by atoms with Crippen molar-refractivity contribution in [1.29, 1.82) is 0 Å². The molecule has 0 radical (unpaired) electrons. The quantitative estimate of drug-likeness (QED) is 0.174. The number of isocyanates is 1. The minimum absolute atomic E-state index is 0.0202. The first-order valence-electron chi connectivity index (χ1n) is 13.6. The predicted octanol–water partition coefficient (Wildman–Crippen LogP) is 6.23. The van der Waals surface area contributed by atoms with Crippen LogP contribution in [0.15, 0.2) is 59.6 Å². The van der Waals surface area contributed by atoms with Crippen LogP contribution in [0.3, 0.4) is 0 Å². The Morgan fingerprint density at radius 1 is 0.977 bits per heavy atom. The number of nitrogens with zero attached hydrogens (tertiary/aromatic N) is 3. The van der Waals surface area contributed by atoms with Crippen LogP contribution in [0.4, 0.5) is 33.3 Å². The Morgan fingerprint density at radius 3 is 2.33 bits per heavy atom. The highest BCUT2D eigenvalue weighted by molar-refractivity contribution is 5.97. The molecule has 1 saturated heterocycles. The zero-order chi connectivity index (χ0) is 30.8. The van der Waals surface area contributed by atoms with Crippen LogP contribution in [0.25, 0.3) is 0 Å². The molecular formula is C31H28F5N3O4. The summed E-state index contributed by atoms with van der Waals surface area (Å²) in [6.07, 6.45) is -2.22. The Hall–Kier alpha value is -4.44. The molecule has 12 heteroatoms. The van der Waals surface area contributed by atoms with E-state index in [1.165, 1.54) is 17.0 Å². The van der Waals surface area contributed by atoms with Gasteiger partial charge in [-0.3, -0.25) is 4.79 Å². The maximum Gasteiger partial charge on any atom is 0.416 e. The third-order valence-electron chi connectivity index (χ3n) is 7.94. The van der Waals surface area contributed by atoms with Crippen LogP contribution in [-0.2, 0) is 28.7 Å². The molecule has 7 nitrogen and oxygen atoms in total. The van der Waals surface area contributed by atoms with Gasteiger partial charge in [-0.15, -0.1) is 0 Å².